The summed E-state index contributed by atoms with van der Waals surface area (Å²) < 4.78 is 16.8. The minimum atomic E-state index is -0.787. The fraction of sp³-hybridized carbons (Fsp3) is 0.776. The molecule has 0 aliphatic carbocycles. The summed E-state index contributed by atoms with van der Waals surface area (Å²) in [6, 6.07) is 0. The molecular formula is C58H102O6. The van der Waals surface area contributed by atoms with E-state index >= 15 is 0 Å². The highest BCUT2D eigenvalue weighted by atomic mass is 16.6. The summed E-state index contributed by atoms with van der Waals surface area (Å²) in [7, 11) is 0. The predicted octanol–water partition coefficient (Wildman–Crippen LogP) is 18.0. The number of carbonyl (C=O) groups is 3. The van der Waals surface area contributed by atoms with Crippen molar-refractivity contribution in [3.8, 4) is 0 Å². The molecule has 0 N–H and O–H groups in total. The monoisotopic (exact) mass is 895 g/mol. The standard InChI is InChI=1S/C58H102O6/c1-4-7-10-13-16-19-22-25-28-31-33-36-39-42-45-48-51-57(60)63-54-55(64-58(61)52-49-46-43-40-37-34-30-27-24-21-18-15-12-9-6-3)53-62-56(59)50-47-44-41-38-35-32-29-26-23-20-17-14-11-8-5-2/h9,12,18-19,21-22,27-28,30-31,55H,4-8,10-11,13-17,20,23-26,29,32-54H2,1-3H3/b12-9-,21-18-,22-19-,30-27-,31-28-. The molecule has 370 valence electrons. The highest BCUT2D eigenvalue weighted by molar-refractivity contribution is 5.71. The average molecular weight is 895 g/mol. The molecule has 0 amide bonds. The van der Waals surface area contributed by atoms with Crippen molar-refractivity contribution < 1.29 is 28.6 Å². The van der Waals surface area contributed by atoms with Crippen molar-refractivity contribution in [2.24, 2.45) is 0 Å². The first kappa shape index (κ1) is 61.1. The molecule has 0 saturated carbocycles. The van der Waals surface area contributed by atoms with Crippen LogP contribution in [0.2, 0.25) is 0 Å². The van der Waals surface area contributed by atoms with Gasteiger partial charge >= 0.3 is 17.9 Å². The van der Waals surface area contributed by atoms with Gasteiger partial charge in [0.1, 0.15) is 13.2 Å². The predicted molar refractivity (Wildman–Crippen MR) is 275 cm³/mol. The second kappa shape index (κ2) is 52.7. The molecule has 0 aliphatic heterocycles. The van der Waals surface area contributed by atoms with Crippen molar-refractivity contribution in [3.63, 3.8) is 0 Å². The van der Waals surface area contributed by atoms with Gasteiger partial charge in [-0.2, -0.15) is 0 Å². The van der Waals surface area contributed by atoms with Crippen molar-refractivity contribution in [2.45, 2.75) is 277 Å². The van der Waals surface area contributed by atoms with Gasteiger partial charge in [-0.05, 0) is 83.5 Å². The lowest BCUT2D eigenvalue weighted by molar-refractivity contribution is -0.167. The van der Waals surface area contributed by atoms with Crippen molar-refractivity contribution in [3.05, 3.63) is 60.8 Å². The van der Waals surface area contributed by atoms with Crippen molar-refractivity contribution in [2.75, 3.05) is 13.2 Å². The Morgan fingerprint density at radius 2 is 0.609 bits per heavy atom. The van der Waals surface area contributed by atoms with Crippen LogP contribution in [0.3, 0.4) is 0 Å². The topological polar surface area (TPSA) is 78.9 Å². The smallest absolute Gasteiger partial charge is 0.306 e. The molecule has 0 bridgehead atoms. The molecule has 64 heavy (non-hydrogen) atoms. The zero-order valence-electron chi connectivity index (χ0n) is 42.3. The van der Waals surface area contributed by atoms with Crippen LogP contribution in [0.25, 0.3) is 0 Å². The minimum Gasteiger partial charge on any atom is -0.462 e. The van der Waals surface area contributed by atoms with Gasteiger partial charge in [0.2, 0.25) is 0 Å². The summed E-state index contributed by atoms with van der Waals surface area (Å²) >= 11 is 0. The van der Waals surface area contributed by atoms with Gasteiger partial charge < -0.3 is 14.2 Å². The lowest BCUT2D eigenvalue weighted by Gasteiger charge is -2.18. The normalized spacial score (nSPS) is 12.5. The van der Waals surface area contributed by atoms with Crippen LogP contribution >= 0.6 is 0 Å². The van der Waals surface area contributed by atoms with Gasteiger partial charge in [-0.15, -0.1) is 0 Å². The number of hydrogen-bond acceptors (Lipinski definition) is 6. The van der Waals surface area contributed by atoms with Crippen LogP contribution < -0.4 is 0 Å². The molecule has 0 fully saturated rings. The summed E-state index contributed by atoms with van der Waals surface area (Å²) in [5.41, 5.74) is 0. The summed E-state index contributed by atoms with van der Waals surface area (Å²) in [6.07, 6.45) is 64.9. The third-order valence-electron chi connectivity index (χ3n) is 11.8. The van der Waals surface area contributed by atoms with Gasteiger partial charge in [0.15, 0.2) is 6.10 Å². The van der Waals surface area contributed by atoms with Gasteiger partial charge in [0.25, 0.3) is 0 Å². The Balaban J connectivity index is 4.41. The molecule has 0 spiro atoms. The number of hydrogen-bond donors (Lipinski definition) is 0. The van der Waals surface area contributed by atoms with Gasteiger partial charge in [-0.1, -0.05) is 229 Å². The number of allylic oxidation sites excluding steroid dienone is 10. The van der Waals surface area contributed by atoms with E-state index in [9.17, 15) is 14.4 Å². The van der Waals surface area contributed by atoms with Crippen LogP contribution in [0.15, 0.2) is 60.8 Å². The zero-order chi connectivity index (χ0) is 46.5. The summed E-state index contributed by atoms with van der Waals surface area (Å²) in [6.45, 7) is 6.50. The highest BCUT2D eigenvalue weighted by Crippen LogP contribution is 2.15. The summed E-state index contributed by atoms with van der Waals surface area (Å²) in [4.78, 5) is 38.1. The van der Waals surface area contributed by atoms with E-state index in [1.807, 2.05) is 0 Å². The first-order valence-corrected chi connectivity index (χ1v) is 27.3. The molecule has 0 aliphatic rings. The molecule has 6 heteroatoms. The minimum absolute atomic E-state index is 0.0837. The summed E-state index contributed by atoms with van der Waals surface area (Å²) in [5.74, 6) is -0.906. The van der Waals surface area contributed by atoms with E-state index in [0.717, 1.165) is 116 Å². The molecule has 6 nitrogen and oxygen atoms in total. The molecule has 0 aromatic heterocycles. The first-order valence-electron chi connectivity index (χ1n) is 27.3. The number of rotatable bonds is 49. The maximum absolute atomic E-state index is 12.8. The largest absolute Gasteiger partial charge is 0.462 e. The van der Waals surface area contributed by atoms with Gasteiger partial charge in [-0.25, -0.2) is 0 Å². The average Bonchev–Trinajstić information content (AvgIpc) is 3.29. The van der Waals surface area contributed by atoms with E-state index in [2.05, 4.69) is 81.5 Å². The van der Waals surface area contributed by atoms with E-state index < -0.39 is 6.10 Å². The van der Waals surface area contributed by atoms with Gasteiger partial charge in [0.05, 0.1) is 0 Å². The molecule has 0 heterocycles. The fourth-order valence-corrected chi connectivity index (χ4v) is 7.66. The maximum atomic E-state index is 12.8. The molecule has 0 aromatic rings. The highest BCUT2D eigenvalue weighted by Gasteiger charge is 2.19. The van der Waals surface area contributed by atoms with E-state index in [1.165, 1.54) is 116 Å². The van der Waals surface area contributed by atoms with Crippen molar-refractivity contribution in [1.82, 2.24) is 0 Å². The van der Waals surface area contributed by atoms with Gasteiger partial charge in [-0.3, -0.25) is 14.4 Å². The van der Waals surface area contributed by atoms with Crippen LogP contribution in [0.1, 0.15) is 271 Å². The van der Waals surface area contributed by atoms with Crippen molar-refractivity contribution >= 4 is 17.9 Å². The Kier molecular flexibility index (Phi) is 50.4. The number of esters is 3. The lowest BCUT2D eigenvalue weighted by atomic mass is 10.0. The van der Waals surface area contributed by atoms with Crippen LogP contribution in [0.4, 0.5) is 0 Å². The van der Waals surface area contributed by atoms with E-state index in [0.29, 0.717) is 19.3 Å². The quantitative estimate of drug-likeness (QED) is 0.0262. The van der Waals surface area contributed by atoms with E-state index in [1.54, 1.807) is 0 Å². The zero-order valence-corrected chi connectivity index (χ0v) is 42.3. The fourth-order valence-electron chi connectivity index (χ4n) is 7.66. The van der Waals surface area contributed by atoms with Crippen LogP contribution in [0, 0.1) is 0 Å². The molecular weight excluding hydrogens is 793 g/mol. The second-order valence-electron chi connectivity index (χ2n) is 18.1. The molecule has 0 radical (unpaired) electrons. The molecule has 0 rings (SSSR count). The molecule has 0 aromatic carbocycles. The number of unbranched alkanes of at least 4 members (excludes halogenated alkanes) is 28. The Morgan fingerprint density at radius 3 is 0.969 bits per heavy atom. The van der Waals surface area contributed by atoms with Gasteiger partial charge in [0, 0.05) is 19.3 Å². The Hall–Kier alpha value is -2.89. The van der Waals surface area contributed by atoms with Crippen LogP contribution in [-0.4, -0.2) is 37.2 Å². The number of carbonyl (C=O) groups excluding carboxylic acids is 3. The third kappa shape index (κ3) is 50.1. The Labute approximate surface area is 396 Å². The SMILES string of the molecule is CC/C=C\C/C=C\C/C=C\CCCCCCCC(=O)OC(COC(=O)CCCCCCC/C=C\C/C=C\CCCCCC)COC(=O)CCCCCCCCCCCCCCCCC. The van der Waals surface area contributed by atoms with Crippen molar-refractivity contribution in [1.29, 1.82) is 0 Å². The maximum Gasteiger partial charge on any atom is 0.306 e. The third-order valence-corrected chi connectivity index (χ3v) is 11.8. The molecule has 1 atom stereocenters. The van der Waals surface area contributed by atoms with E-state index in [-0.39, 0.29) is 31.1 Å². The van der Waals surface area contributed by atoms with E-state index in [4.69, 9.17) is 14.2 Å². The van der Waals surface area contributed by atoms with Crippen LogP contribution in [-0.2, 0) is 28.6 Å². The number of ether oxygens (including phenoxy) is 3. The summed E-state index contributed by atoms with van der Waals surface area (Å²) in [5, 5.41) is 0. The Bertz CT molecular complexity index is 1170. The first-order chi connectivity index (χ1) is 31.5. The lowest BCUT2D eigenvalue weighted by Crippen LogP contribution is -2.30. The second-order valence-corrected chi connectivity index (χ2v) is 18.1. The Morgan fingerprint density at radius 1 is 0.328 bits per heavy atom. The molecule has 0 saturated heterocycles. The van der Waals surface area contributed by atoms with Crippen LogP contribution in [0.5, 0.6) is 0 Å². The molecule has 1 unspecified atom stereocenters.